The summed E-state index contributed by atoms with van der Waals surface area (Å²) in [5.41, 5.74) is 2.04. The number of aromatic amines is 1. The molecule has 0 bridgehead atoms. The lowest BCUT2D eigenvalue weighted by Gasteiger charge is -2.03. The molecule has 0 unspecified atom stereocenters. The largest absolute Gasteiger partial charge is 0.320 e. The molecule has 2 aromatic heterocycles. The Kier molecular flexibility index (Phi) is 2.87. The summed E-state index contributed by atoms with van der Waals surface area (Å²) in [7, 11) is 0. The van der Waals surface area contributed by atoms with E-state index in [-0.39, 0.29) is 5.56 Å². The van der Waals surface area contributed by atoms with Crippen molar-refractivity contribution in [3.05, 3.63) is 58.4 Å². The van der Waals surface area contributed by atoms with E-state index in [1.165, 1.54) is 0 Å². The fourth-order valence-corrected chi connectivity index (χ4v) is 2.10. The van der Waals surface area contributed by atoms with Crippen molar-refractivity contribution in [1.82, 2.24) is 19.5 Å². The molecule has 1 aromatic carbocycles. The molecule has 0 aliphatic carbocycles. The van der Waals surface area contributed by atoms with Crippen LogP contribution in [0.15, 0.2) is 41.5 Å². The minimum absolute atomic E-state index is 0.129. The zero-order valence-corrected chi connectivity index (χ0v) is 10.6. The second-order valence-electron chi connectivity index (χ2n) is 4.40. The van der Waals surface area contributed by atoms with Gasteiger partial charge >= 0.3 is 0 Å². The van der Waals surface area contributed by atoms with Crippen molar-refractivity contribution in [2.45, 2.75) is 19.9 Å². The van der Waals surface area contributed by atoms with Crippen LogP contribution in [0.3, 0.4) is 0 Å². The first kappa shape index (κ1) is 11.6. The smallest absolute Gasteiger partial charge is 0.277 e. The Hall–Kier alpha value is -2.43. The third-order valence-electron chi connectivity index (χ3n) is 3.06. The van der Waals surface area contributed by atoms with E-state index in [4.69, 9.17) is 0 Å². The normalized spacial score (nSPS) is 11.0. The molecule has 0 radical (unpaired) electrons. The Morgan fingerprint density at radius 1 is 1.26 bits per heavy atom. The van der Waals surface area contributed by atoms with Gasteiger partial charge in [-0.1, -0.05) is 37.3 Å². The molecule has 3 rings (SSSR count). The number of imidazole rings is 1. The zero-order valence-electron chi connectivity index (χ0n) is 10.6. The van der Waals surface area contributed by atoms with E-state index < -0.39 is 0 Å². The van der Waals surface area contributed by atoms with Crippen molar-refractivity contribution in [2.24, 2.45) is 0 Å². The highest BCUT2D eigenvalue weighted by Gasteiger charge is 2.09. The summed E-state index contributed by atoms with van der Waals surface area (Å²) in [5.74, 6) is 0.669. The van der Waals surface area contributed by atoms with Gasteiger partial charge in [0.15, 0.2) is 11.2 Å². The average Bonchev–Trinajstić information content (AvgIpc) is 2.83. The van der Waals surface area contributed by atoms with Crippen molar-refractivity contribution >= 4 is 11.2 Å². The van der Waals surface area contributed by atoms with Gasteiger partial charge in [-0.3, -0.25) is 4.79 Å². The number of H-pyrrole nitrogens is 1. The van der Waals surface area contributed by atoms with Gasteiger partial charge in [-0.15, -0.1) is 0 Å². The van der Waals surface area contributed by atoms with Crippen LogP contribution in [0, 0.1) is 0 Å². The second-order valence-corrected chi connectivity index (χ2v) is 4.40. The Morgan fingerprint density at radius 2 is 2.05 bits per heavy atom. The van der Waals surface area contributed by atoms with Crippen molar-refractivity contribution < 1.29 is 0 Å². The highest BCUT2D eigenvalue weighted by molar-refractivity contribution is 5.69. The standard InChI is InChI=1S/C14H14N4O/c1-2-11-16-13-12(14(19)17-11)18(9-15-13)8-10-6-4-3-5-7-10/h3-7,9H,2,8H2,1H3,(H,16,17,19). The molecule has 0 aliphatic rings. The summed E-state index contributed by atoms with van der Waals surface area (Å²) in [5, 5.41) is 0. The first-order valence-corrected chi connectivity index (χ1v) is 6.26. The van der Waals surface area contributed by atoms with Crippen LogP contribution in [-0.4, -0.2) is 19.5 Å². The Bertz CT molecular complexity index is 758. The topological polar surface area (TPSA) is 63.6 Å². The second kappa shape index (κ2) is 4.68. The number of nitrogens with one attached hydrogen (secondary N) is 1. The van der Waals surface area contributed by atoms with E-state index in [0.29, 0.717) is 30.0 Å². The SMILES string of the molecule is CCc1nc2ncn(Cc3ccccc3)c2c(=O)[nH]1. The number of nitrogens with zero attached hydrogens (tertiary/aromatic N) is 3. The number of rotatable bonds is 3. The summed E-state index contributed by atoms with van der Waals surface area (Å²) in [6.45, 7) is 2.57. The third kappa shape index (κ3) is 2.14. The maximum absolute atomic E-state index is 12.1. The van der Waals surface area contributed by atoms with Gasteiger partial charge in [0, 0.05) is 13.0 Å². The molecule has 5 nitrogen and oxygen atoms in total. The molecule has 0 saturated carbocycles. The van der Waals surface area contributed by atoms with E-state index in [9.17, 15) is 4.79 Å². The fourth-order valence-electron chi connectivity index (χ4n) is 2.10. The van der Waals surface area contributed by atoms with Crippen molar-refractivity contribution in [3.8, 4) is 0 Å². The van der Waals surface area contributed by atoms with Crippen molar-refractivity contribution in [1.29, 1.82) is 0 Å². The van der Waals surface area contributed by atoms with Gasteiger partial charge in [-0.25, -0.2) is 9.97 Å². The molecule has 1 N–H and O–H groups in total. The summed E-state index contributed by atoms with van der Waals surface area (Å²) < 4.78 is 1.83. The number of hydrogen-bond acceptors (Lipinski definition) is 3. The lowest BCUT2D eigenvalue weighted by atomic mass is 10.2. The van der Waals surface area contributed by atoms with Crippen molar-refractivity contribution in [3.63, 3.8) is 0 Å². The predicted octanol–water partition coefficient (Wildman–Crippen LogP) is 1.73. The molecular weight excluding hydrogens is 240 g/mol. The molecule has 0 spiro atoms. The quantitative estimate of drug-likeness (QED) is 0.774. The Morgan fingerprint density at radius 3 is 2.79 bits per heavy atom. The summed E-state index contributed by atoms with van der Waals surface area (Å²) in [4.78, 5) is 23.4. The number of fused-ring (bicyclic) bond motifs is 1. The monoisotopic (exact) mass is 254 g/mol. The van der Waals surface area contributed by atoms with Crippen LogP contribution < -0.4 is 5.56 Å². The molecule has 0 saturated heterocycles. The van der Waals surface area contributed by atoms with Crippen LogP contribution in [0.25, 0.3) is 11.2 Å². The van der Waals surface area contributed by atoms with E-state index in [2.05, 4.69) is 15.0 Å². The predicted molar refractivity (Wildman–Crippen MR) is 73.1 cm³/mol. The number of hydrogen-bond donors (Lipinski definition) is 1. The molecular formula is C14H14N4O. The molecule has 0 amide bonds. The van der Waals surface area contributed by atoms with E-state index in [1.54, 1.807) is 6.33 Å². The van der Waals surface area contributed by atoms with Gasteiger partial charge in [0.1, 0.15) is 5.82 Å². The van der Waals surface area contributed by atoms with Crippen LogP contribution in [0.2, 0.25) is 0 Å². The summed E-state index contributed by atoms with van der Waals surface area (Å²) in [6, 6.07) is 9.97. The van der Waals surface area contributed by atoms with Crippen LogP contribution in [0.1, 0.15) is 18.3 Å². The molecule has 19 heavy (non-hydrogen) atoms. The van der Waals surface area contributed by atoms with Crippen LogP contribution in [-0.2, 0) is 13.0 Å². The first-order chi connectivity index (χ1) is 9.28. The highest BCUT2D eigenvalue weighted by Crippen LogP contribution is 2.09. The van der Waals surface area contributed by atoms with Crippen LogP contribution >= 0.6 is 0 Å². The Labute approximate surface area is 110 Å². The number of aromatic nitrogens is 4. The van der Waals surface area contributed by atoms with Crippen LogP contribution in [0.4, 0.5) is 0 Å². The Balaban J connectivity index is 2.08. The molecule has 96 valence electrons. The van der Waals surface area contributed by atoms with Gasteiger partial charge in [-0.2, -0.15) is 0 Å². The summed E-state index contributed by atoms with van der Waals surface area (Å²) in [6.07, 6.45) is 2.36. The molecule has 0 fully saturated rings. The molecule has 3 aromatic rings. The molecule has 0 aliphatic heterocycles. The average molecular weight is 254 g/mol. The fraction of sp³-hybridized carbons (Fsp3) is 0.214. The third-order valence-corrected chi connectivity index (χ3v) is 3.06. The van der Waals surface area contributed by atoms with Gasteiger partial charge in [0.25, 0.3) is 5.56 Å². The molecule has 2 heterocycles. The first-order valence-electron chi connectivity index (χ1n) is 6.26. The van der Waals surface area contributed by atoms with Crippen molar-refractivity contribution in [2.75, 3.05) is 0 Å². The lowest BCUT2D eigenvalue weighted by molar-refractivity contribution is 0.817. The van der Waals surface area contributed by atoms with E-state index in [0.717, 1.165) is 5.56 Å². The minimum atomic E-state index is -0.129. The zero-order chi connectivity index (χ0) is 13.2. The van der Waals surface area contributed by atoms with E-state index in [1.807, 2.05) is 41.8 Å². The molecule has 5 heteroatoms. The minimum Gasteiger partial charge on any atom is -0.320 e. The van der Waals surface area contributed by atoms with Gasteiger partial charge < -0.3 is 9.55 Å². The van der Waals surface area contributed by atoms with E-state index >= 15 is 0 Å². The summed E-state index contributed by atoms with van der Waals surface area (Å²) >= 11 is 0. The van der Waals surface area contributed by atoms with Gasteiger partial charge in [-0.05, 0) is 5.56 Å². The maximum Gasteiger partial charge on any atom is 0.277 e. The van der Waals surface area contributed by atoms with Gasteiger partial charge in [0.05, 0.1) is 6.33 Å². The van der Waals surface area contributed by atoms with Gasteiger partial charge in [0.2, 0.25) is 0 Å². The highest BCUT2D eigenvalue weighted by atomic mass is 16.1. The number of aryl methyl sites for hydroxylation is 1. The molecule has 0 atom stereocenters. The number of benzene rings is 1. The lowest BCUT2D eigenvalue weighted by Crippen LogP contribution is -2.14. The van der Waals surface area contributed by atoms with Crippen LogP contribution in [0.5, 0.6) is 0 Å². The maximum atomic E-state index is 12.1.